The zero-order valence-corrected chi connectivity index (χ0v) is 10.7. The van der Waals surface area contributed by atoms with E-state index < -0.39 is 0 Å². The largest absolute Gasteiger partial charge is 0.308 e. The maximum atomic E-state index is 12.4. The predicted molar refractivity (Wildman–Crippen MR) is 79.7 cm³/mol. The predicted octanol–water partition coefficient (Wildman–Crippen LogP) is 2.83. The Kier molecular flexibility index (Phi) is 3.05. The van der Waals surface area contributed by atoms with Crippen molar-refractivity contribution in [3.63, 3.8) is 0 Å². The van der Waals surface area contributed by atoms with E-state index in [1.165, 1.54) is 4.68 Å². The molecular formula is C16H13N3O. The van der Waals surface area contributed by atoms with E-state index >= 15 is 0 Å². The van der Waals surface area contributed by atoms with Crippen LogP contribution in [-0.4, -0.2) is 16.0 Å². The Morgan fingerprint density at radius 3 is 2.15 bits per heavy atom. The molecule has 0 radical (unpaired) electrons. The molecule has 0 atom stereocenters. The van der Waals surface area contributed by atoms with Crippen LogP contribution in [0, 0.1) is 5.41 Å². The van der Waals surface area contributed by atoms with Gasteiger partial charge in [-0.3, -0.25) is 9.89 Å². The lowest BCUT2D eigenvalue weighted by molar-refractivity contribution is 0.852. The average molecular weight is 263 g/mol. The van der Waals surface area contributed by atoms with Crippen LogP contribution in [0.3, 0.4) is 0 Å². The first-order valence-corrected chi connectivity index (χ1v) is 6.27. The summed E-state index contributed by atoms with van der Waals surface area (Å²) in [5.41, 5.74) is 2.44. The fourth-order valence-corrected chi connectivity index (χ4v) is 2.17. The first kappa shape index (κ1) is 12.2. The van der Waals surface area contributed by atoms with E-state index in [1.54, 1.807) is 0 Å². The number of hydrogen-bond acceptors (Lipinski definition) is 2. The van der Waals surface area contributed by atoms with Crippen molar-refractivity contribution in [3.8, 4) is 16.9 Å². The van der Waals surface area contributed by atoms with Crippen LogP contribution in [0.4, 0.5) is 0 Å². The van der Waals surface area contributed by atoms with Crippen LogP contribution in [0.5, 0.6) is 0 Å². The van der Waals surface area contributed by atoms with Gasteiger partial charge in [0.2, 0.25) is 0 Å². The maximum absolute atomic E-state index is 12.4. The Morgan fingerprint density at radius 2 is 1.55 bits per heavy atom. The number of para-hydroxylation sites is 1. The standard InChI is InChI=1S/C16H13N3O/c17-11-14-15(12-7-3-1-4-8-12)18-19(16(14)20)13-9-5-2-6-10-13/h1-11,17-18H. The molecular weight excluding hydrogens is 250 g/mol. The Hall–Kier alpha value is -2.88. The van der Waals surface area contributed by atoms with E-state index in [0.29, 0.717) is 11.3 Å². The molecule has 4 nitrogen and oxygen atoms in total. The summed E-state index contributed by atoms with van der Waals surface area (Å²) in [4.78, 5) is 12.4. The third-order valence-electron chi connectivity index (χ3n) is 3.15. The summed E-state index contributed by atoms with van der Waals surface area (Å²) in [5, 5.41) is 10.6. The number of H-pyrrole nitrogens is 1. The minimum absolute atomic E-state index is 0.218. The number of benzene rings is 2. The van der Waals surface area contributed by atoms with Crippen molar-refractivity contribution in [1.29, 1.82) is 5.41 Å². The third kappa shape index (κ3) is 1.97. The molecule has 0 saturated heterocycles. The van der Waals surface area contributed by atoms with Gasteiger partial charge in [0.15, 0.2) is 0 Å². The molecule has 0 unspecified atom stereocenters. The summed E-state index contributed by atoms with van der Waals surface area (Å²) in [6.07, 6.45) is 1.10. The molecule has 2 N–H and O–H groups in total. The third-order valence-corrected chi connectivity index (χ3v) is 3.15. The van der Waals surface area contributed by atoms with Gasteiger partial charge in [-0.15, -0.1) is 0 Å². The number of aromatic amines is 1. The lowest BCUT2D eigenvalue weighted by atomic mass is 10.1. The van der Waals surface area contributed by atoms with Crippen molar-refractivity contribution in [1.82, 2.24) is 9.78 Å². The quantitative estimate of drug-likeness (QED) is 0.701. The maximum Gasteiger partial charge on any atom is 0.280 e. The summed E-state index contributed by atoms with van der Waals surface area (Å²) in [7, 11) is 0. The molecule has 0 aliphatic carbocycles. The number of hydrogen-bond donors (Lipinski definition) is 2. The van der Waals surface area contributed by atoms with Gasteiger partial charge < -0.3 is 5.41 Å². The highest BCUT2D eigenvalue weighted by Crippen LogP contribution is 2.19. The van der Waals surface area contributed by atoms with Crippen molar-refractivity contribution < 1.29 is 0 Å². The fourth-order valence-electron chi connectivity index (χ4n) is 2.17. The highest BCUT2D eigenvalue weighted by Gasteiger charge is 2.14. The number of nitrogens with zero attached hydrogens (tertiary/aromatic N) is 1. The van der Waals surface area contributed by atoms with Crippen molar-refractivity contribution in [2.75, 3.05) is 0 Å². The van der Waals surface area contributed by atoms with Gasteiger partial charge in [0.1, 0.15) is 0 Å². The molecule has 0 saturated carbocycles. The molecule has 0 amide bonds. The van der Waals surface area contributed by atoms with Crippen LogP contribution in [0.2, 0.25) is 0 Å². The normalized spacial score (nSPS) is 10.4. The minimum Gasteiger partial charge on any atom is -0.308 e. The van der Waals surface area contributed by atoms with Crippen LogP contribution < -0.4 is 5.56 Å². The molecule has 0 fully saturated rings. The van der Waals surface area contributed by atoms with E-state index in [2.05, 4.69) is 5.10 Å². The number of rotatable bonds is 3. The Morgan fingerprint density at radius 1 is 0.950 bits per heavy atom. The highest BCUT2D eigenvalue weighted by molar-refractivity contribution is 5.86. The minimum atomic E-state index is -0.218. The van der Waals surface area contributed by atoms with Gasteiger partial charge in [-0.2, -0.15) is 0 Å². The number of nitrogens with one attached hydrogen (secondary N) is 2. The summed E-state index contributed by atoms with van der Waals surface area (Å²) < 4.78 is 1.46. The summed E-state index contributed by atoms with van der Waals surface area (Å²) >= 11 is 0. The molecule has 0 aliphatic heterocycles. The average Bonchev–Trinajstić information content (AvgIpc) is 2.86. The lowest BCUT2D eigenvalue weighted by Gasteiger charge is -2.01. The van der Waals surface area contributed by atoms with Crippen molar-refractivity contribution in [2.45, 2.75) is 0 Å². The van der Waals surface area contributed by atoms with Gasteiger partial charge in [0, 0.05) is 11.8 Å². The van der Waals surface area contributed by atoms with E-state index in [9.17, 15) is 4.79 Å². The van der Waals surface area contributed by atoms with Gasteiger partial charge in [-0.25, -0.2) is 4.68 Å². The van der Waals surface area contributed by atoms with Crippen molar-refractivity contribution in [3.05, 3.63) is 76.6 Å². The van der Waals surface area contributed by atoms with E-state index in [4.69, 9.17) is 5.41 Å². The van der Waals surface area contributed by atoms with Gasteiger partial charge in [0.05, 0.1) is 16.9 Å². The van der Waals surface area contributed by atoms with Crippen LogP contribution in [0.25, 0.3) is 16.9 Å². The number of aromatic nitrogens is 2. The van der Waals surface area contributed by atoms with Crippen LogP contribution >= 0.6 is 0 Å². The second-order valence-electron chi connectivity index (χ2n) is 4.39. The molecule has 0 spiro atoms. The van der Waals surface area contributed by atoms with Gasteiger partial charge >= 0.3 is 0 Å². The Bertz CT molecular complexity index is 786. The Labute approximate surface area is 115 Å². The van der Waals surface area contributed by atoms with Crippen molar-refractivity contribution >= 4 is 6.21 Å². The summed E-state index contributed by atoms with van der Waals surface area (Å²) in [6.45, 7) is 0. The molecule has 3 rings (SSSR count). The van der Waals surface area contributed by atoms with Gasteiger partial charge in [-0.05, 0) is 12.1 Å². The van der Waals surface area contributed by atoms with E-state index in [1.807, 2.05) is 60.7 Å². The molecule has 3 aromatic rings. The SMILES string of the molecule is N=Cc1c(-c2ccccc2)[nH]n(-c2ccccc2)c1=O. The van der Waals surface area contributed by atoms with Gasteiger partial charge in [-0.1, -0.05) is 48.5 Å². The van der Waals surface area contributed by atoms with E-state index in [-0.39, 0.29) is 5.56 Å². The molecule has 1 heterocycles. The molecule has 0 bridgehead atoms. The molecule has 20 heavy (non-hydrogen) atoms. The molecule has 1 aromatic heterocycles. The van der Waals surface area contributed by atoms with E-state index in [0.717, 1.165) is 17.5 Å². The van der Waals surface area contributed by atoms with Crippen LogP contribution in [-0.2, 0) is 0 Å². The zero-order valence-electron chi connectivity index (χ0n) is 10.7. The second kappa shape index (κ2) is 5.01. The second-order valence-corrected chi connectivity index (χ2v) is 4.39. The van der Waals surface area contributed by atoms with Crippen molar-refractivity contribution in [2.24, 2.45) is 0 Å². The first-order valence-electron chi connectivity index (χ1n) is 6.27. The Balaban J connectivity index is 2.24. The zero-order chi connectivity index (χ0) is 13.9. The first-order chi connectivity index (χ1) is 9.81. The van der Waals surface area contributed by atoms with Gasteiger partial charge in [0.25, 0.3) is 5.56 Å². The molecule has 4 heteroatoms. The molecule has 98 valence electrons. The summed E-state index contributed by atoms with van der Waals surface area (Å²) in [5.74, 6) is 0. The molecule has 0 aliphatic rings. The molecule has 2 aromatic carbocycles. The van der Waals surface area contributed by atoms with Crippen LogP contribution in [0.1, 0.15) is 5.56 Å². The fraction of sp³-hybridized carbons (Fsp3) is 0. The summed E-state index contributed by atoms with van der Waals surface area (Å²) in [6, 6.07) is 18.9. The topological polar surface area (TPSA) is 61.6 Å². The lowest BCUT2D eigenvalue weighted by Crippen LogP contribution is -2.16. The monoisotopic (exact) mass is 263 g/mol. The highest BCUT2D eigenvalue weighted by atomic mass is 16.1. The smallest absolute Gasteiger partial charge is 0.280 e. The van der Waals surface area contributed by atoms with Crippen LogP contribution in [0.15, 0.2) is 65.5 Å².